The number of nitrogens with zero attached hydrogens (tertiary/aromatic N) is 3. The first kappa shape index (κ1) is 19.6. The smallest absolute Gasteiger partial charge is 0.417 e. The Morgan fingerprint density at radius 3 is 2.56 bits per heavy atom. The number of alkyl halides is 3. The Labute approximate surface area is 155 Å². The van der Waals surface area contributed by atoms with E-state index in [9.17, 15) is 21.6 Å². The second-order valence-electron chi connectivity index (χ2n) is 6.21. The number of ether oxygens (including phenoxy) is 1. The Bertz CT molecular complexity index is 876. The van der Waals surface area contributed by atoms with E-state index in [0.717, 1.165) is 16.4 Å². The van der Waals surface area contributed by atoms with Gasteiger partial charge in [-0.3, -0.25) is 0 Å². The zero-order valence-corrected chi connectivity index (χ0v) is 15.1. The molecule has 0 spiro atoms. The van der Waals surface area contributed by atoms with Gasteiger partial charge in [0, 0.05) is 31.4 Å². The molecule has 0 radical (unpaired) electrons. The molecule has 1 aliphatic heterocycles. The molecule has 27 heavy (non-hydrogen) atoms. The van der Waals surface area contributed by atoms with Crippen molar-refractivity contribution in [1.29, 1.82) is 0 Å². The first-order chi connectivity index (χ1) is 12.8. The lowest BCUT2D eigenvalue weighted by molar-refractivity contribution is -0.139. The van der Waals surface area contributed by atoms with E-state index in [1.807, 2.05) is 0 Å². The van der Waals surface area contributed by atoms with Crippen LogP contribution in [-0.2, 0) is 16.2 Å². The van der Waals surface area contributed by atoms with Gasteiger partial charge in [0.15, 0.2) is 0 Å². The third-order valence-electron chi connectivity index (χ3n) is 4.28. The van der Waals surface area contributed by atoms with Crippen LogP contribution in [0.2, 0.25) is 0 Å². The largest absolute Gasteiger partial charge is 0.463 e. The van der Waals surface area contributed by atoms with E-state index in [0.29, 0.717) is 12.8 Å². The summed E-state index contributed by atoms with van der Waals surface area (Å²) in [6.07, 6.45) is -0.453. The summed E-state index contributed by atoms with van der Waals surface area (Å²) in [6, 6.07) is 6.06. The fourth-order valence-corrected chi connectivity index (χ4v) is 4.77. The molecule has 2 aromatic rings. The normalized spacial score (nSPS) is 19.0. The fraction of sp³-hybridized carbons (Fsp3) is 0.412. The maximum absolute atomic E-state index is 13.2. The molecule has 146 valence electrons. The molecular formula is C17H18F3N3O3S. The molecule has 3 rings (SSSR count). The molecule has 0 aliphatic carbocycles. The van der Waals surface area contributed by atoms with Gasteiger partial charge in [0.25, 0.3) is 0 Å². The van der Waals surface area contributed by atoms with Crippen molar-refractivity contribution in [2.45, 2.75) is 23.9 Å². The lowest BCUT2D eigenvalue weighted by Gasteiger charge is -2.32. The van der Waals surface area contributed by atoms with E-state index < -0.39 is 26.7 Å². The predicted molar refractivity (Wildman–Crippen MR) is 90.5 cm³/mol. The topological polar surface area (TPSA) is 72.4 Å². The van der Waals surface area contributed by atoms with Gasteiger partial charge in [-0.15, -0.1) is 0 Å². The molecule has 1 aliphatic rings. The molecule has 0 bridgehead atoms. The number of rotatable bonds is 5. The zero-order chi connectivity index (χ0) is 19.5. The number of piperidine rings is 1. The Morgan fingerprint density at radius 1 is 1.15 bits per heavy atom. The molecule has 0 N–H and O–H groups in total. The molecule has 0 saturated carbocycles. The van der Waals surface area contributed by atoms with Crippen LogP contribution in [0.15, 0.2) is 47.6 Å². The van der Waals surface area contributed by atoms with Crippen LogP contribution in [0.4, 0.5) is 13.2 Å². The van der Waals surface area contributed by atoms with Gasteiger partial charge in [-0.05, 0) is 31.0 Å². The van der Waals surface area contributed by atoms with Crippen LogP contribution in [0.25, 0.3) is 0 Å². The standard InChI is InChI=1S/C17H18F3N3O3S/c18-17(19,20)14-6-1-2-7-15(14)27(24,25)23-10-3-5-13(11-23)12-26-16-21-8-4-9-22-16/h1-2,4,6-9,13H,3,5,10-12H2. The van der Waals surface area contributed by atoms with Gasteiger partial charge >= 0.3 is 12.2 Å². The lowest BCUT2D eigenvalue weighted by atomic mass is 10.0. The molecule has 2 heterocycles. The number of sulfonamides is 1. The van der Waals surface area contributed by atoms with Crippen LogP contribution in [0, 0.1) is 5.92 Å². The monoisotopic (exact) mass is 401 g/mol. The van der Waals surface area contributed by atoms with Gasteiger partial charge < -0.3 is 4.74 Å². The summed E-state index contributed by atoms with van der Waals surface area (Å²) < 4.78 is 71.9. The van der Waals surface area contributed by atoms with Crippen LogP contribution in [0.3, 0.4) is 0 Å². The SMILES string of the molecule is O=S(=O)(c1ccccc1C(F)(F)F)N1CCCC(COc2ncccn2)C1. The van der Waals surface area contributed by atoms with Crippen LogP contribution < -0.4 is 4.74 Å². The van der Waals surface area contributed by atoms with Crippen LogP contribution in [0.5, 0.6) is 6.01 Å². The molecule has 1 fully saturated rings. The Kier molecular flexibility index (Phi) is 5.66. The van der Waals surface area contributed by atoms with Crippen LogP contribution in [-0.4, -0.2) is 42.4 Å². The van der Waals surface area contributed by atoms with Gasteiger partial charge in [-0.1, -0.05) is 12.1 Å². The minimum atomic E-state index is -4.74. The van der Waals surface area contributed by atoms with Crippen molar-refractivity contribution < 1.29 is 26.3 Å². The lowest BCUT2D eigenvalue weighted by Crippen LogP contribution is -2.42. The van der Waals surface area contributed by atoms with Crippen molar-refractivity contribution in [2.75, 3.05) is 19.7 Å². The molecular weight excluding hydrogens is 383 g/mol. The van der Waals surface area contributed by atoms with Crippen molar-refractivity contribution in [3.63, 3.8) is 0 Å². The highest BCUT2D eigenvalue weighted by Crippen LogP contribution is 2.36. The van der Waals surface area contributed by atoms with E-state index in [1.54, 1.807) is 6.07 Å². The number of hydrogen-bond donors (Lipinski definition) is 0. The summed E-state index contributed by atoms with van der Waals surface area (Å²) in [7, 11) is -4.27. The Morgan fingerprint density at radius 2 is 1.85 bits per heavy atom. The summed E-state index contributed by atoms with van der Waals surface area (Å²) in [5, 5.41) is 0. The van der Waals surface area contributed by atoms with Crippen molar-refractivity contribution in [3.8, 4) is 6.01 Å². The molecule has 6 nitrogen and oxygen atoms in total. The minimum absolute atomic E-state index is 0.0847. The van der Waals surface area contributed by atoms with Gasteiger partial charge in [0.2, 0.25) is 10.0 Å². The van der Waals surface area contributed by atoms with Crippen LogP contribution in [0.1, 0.15) is 18.4 Å². The first-order valence-electron chi connectivity index (χ1n) is 8.34. The van der Waals surface area contributed by atoms with Crippen molar-refractivity contribution >= 4 is 10.0 Å². The minimum Gasteiger partial charge on any atom is -0.463 e. The zero-order valence-electron chi connectivity index (χ0n) is 14.3. The number of benzene rings is 1. The second-order valence-corrected chi connectivity index (χ2v) is 8.11. The number of halogens is 3. The van der Waals surface area contributed by atoms with E-state index in [1.165, 1.54) is 24.5 Å². The van der Waals surface area contributed by atoms with Gasteiger partial charge in [-0.2, -0.15) is 17.5 Å². The molecule has 1 saturated heterocycles. The van der Waals surface area contributed by atoms with Gasteiger partial charge in [0.1, 0.15) is 0 Å². The van der Waals surface area contributed by atoms with Crippen molar-refractivity contribution in [1.82, 2.24) is 14.3 Å². The molecule has 10 heteroatoms. The highest BCUT2D eigenvalue weighted by Gasteiger charge is 2.39. The average Bonchev–Trinajstić information content (AvgIpc) is 2.67. The quantitative estimate of drug-likeness (QED) is 0.770. The Hall–Kier alpha value is -2.20. The first-order valence-corrected chi connectivity index (χ1v) is 9.78. The van der Waals surface area contributed by atoms with E-state index in [4.69, 9.17) is 4.74 Å². The molecule has 1 unspecified atom stereocenters. The third-order valence-corrected chi connectivity index (χ3v) is 6.21. The summed E-state index contributed by atoms with van der Waals surface area (Å²) in [5.74, 6) is -0.157. The highest BCUT2D eigenvalue weighted by molar-refractivity contribution is 7.89. The van der Waals surface area contributed by atoms with Gasteiger partial charge in [-0.25, -0.2) is 18.4 Å². The summed E-state index contributed by atoms with van der Waals surface area (Å²) in [6.45, 7) is 0.450. The number of aromatic nitrogens is 2. The number of hydrogen-bond acceptors (Lipinski definition) is 5. The van der Waals surface area contributed by atoms with E-state index >= 15 is 0 Å². The average molecular weight is 401 g/mol. The molecule has 1 aromatic carbocycles. The molecule has 1 aromatic heterocycles. The maximum atomic E-state index is 13.2. The van der Waals surface area contributed by atoms with Gasteiger partial charge in [0.05, 0.1) is 17.1 Å². The summed E-state index contributed by atoms with van der Waals surface area (Å²) in [5.41, 5.74) is -1.15. The summed E-state index contributed by atoms with van der Waals surface area (Å²) in [4.78, 5) is 7.14. The van der Waals surface area contributed by atoms with Crippen LogP contribution >= 0.6 is 0 Å². The Balaban J connectivity index is 1.75. The fourth-order valence-electron chi connectivity index (χ4n) is 3.00. The third kappa shape index (κ3) is 4.56. The van der Waals surface area contributed by atoms with Crippen molar-refractivity contribution in [2.24, 2.45) is 5.92 Å². The summed E-state index contributed by atoms with van der Waals surface area (Å²) >= 11 is 0. The second kappa shape index (κ2) is 7.81. The highest BCUT2D eigenvalue weighted by atomic mass is 32.2. The predicted octanol–water partition coefficient (Wildman–Crippen LogP) is 2.98. The molecule has 1 atom stereocenters. The molecule has 0 amide bonds. The van der Waals surface area contributed by atoms with Crippen molar-refractivity contribution in [3.05, 3.63) is 48.3 Å². The maximum Gasteiger partial charge on any atom is 0.417 e. The van der Waals surface area contributed by atoms with E-state index in [-0.39, 0.29) is 31.6 Å². The van der Waals surface area contributed by atoms with E-state index in [2.05, 4.69) is 9.97 Å².